The number of carbonyl (C=O) groups excluding carboxylic acids is 1. The fourth-order valence-electron chi connectivity index (χ4n) is 2.78. The molecule has 0 spiro atoms. The number of halogens is 1. The monoisotopic (exact) mass is 406 g/mol. The van der Waals surface area contributed by atoms with Crippen molar-refractivity contribution in [2.75, 3.05) is 19.0 Å². The molecule has 0 aliphatic carbocycles. The molecular weight excluding hydrogens is 382 g/mol. The van der Waals surface area contributed by atoms with E-state index < -0.39 is 12.0 Å². The number of nitrogens with two attached hydrogens (primary N) is 1. The van der Waals surface area contributed by atoms with Crippen LogP contribution in [0.1, 0.15) is 42.7 Å². The minimum atomic E-state index is -1.26. The molecule has 0 saturated carbocycles. The highest BCUT2D eigenvalue weighted by atomic mass is 35.5. The van der Waals surface area contributed by atoms with Crippen LogP contribution >= 0.6 is 12.4 Å². The summed E-state index contributed by atoms with van der Waals surface area (Å²) in [6.07, 6.45) is -0.248. The van der Waals surface area contributed by atoms with Crippen LogP contribution in [0.4, 0.5) is 5.69 Å². The molecule has 2 aromatic rings. The Morgan fingerprint density at radius 3 is 2.39 bits per heavy atom. The van der Waals surface area contributed by atoms with E-state index in [4.69, 9.17) is 20.6 Å². The van der Waals surface area contributed by atoms with Gasteiger partial charge in [-0.1, -0.05) is 6.07 Å². The lowest BCUT2D eigenvalue weighted by Gasteiger charge is -2.24. The standard InChI is InChI=1S/C20H25N3O4.ClH/c1-4-27-12(2)16-11-14(7-10-17(16)26-3)18(20(24)25)23-15-8-5-13(6-9-15)19(21)22;/h5-12,18,23H,4H2,1-3H3,(H3,21,22)(H,24,25);1H/p-1. The van der Waals surface area contributed by atoms with Gasteiger partial charge in [0.05, 0.1) is 25.2 Å². The van der Waals surface area contributed by atoms with Crippen molar-refractivity contribution in [2.45, 2.75) is 26.0 Å². The fourth-order valence-corrected chi connectivity index (χ4v) is 2.78. The molecule has 0 fully saturated rings. The molecule has 0 aliphatic rings. The number of rotatable bonds is 9. The van der Waals surface area contributed by atoms with Crippen LogP contribution in [-0.4, -0.2) is 25.5 Å². The predicted molar refractivity (Wildman–Crippen MR) is 109 cm³/mol. The number of carboxylic acids is 1. The SMILES string of the molecule is CCOC(C)c1cc(C(Nc2ccc(C(=N)N)cc2)C(=O)[O-])ccc1OC.Cl. The molecule has 7 nitrogen and oxygen atoms in total. The quantitative estimate of drug-likeness (QED) is 0.434. The second-order valence-electron chi connectivity index (χ2n) is 5.99. The molecule has 0 aromatic heterocycles. The topological polar surface area (TPSA) is 120 Å². The van der Waals surface area contributed by atoms with E-state index in [9.17, 15) is 9.90 Å². The molecule has 2 unspecified atom stereocenters. The summed E-state index contributed by atoms with van der Waals surface area (Å²) in [5, 5.41) is 22.1. The van der Waals surface area contributed by atoms with Gasteiger partial charge in [0, 0.05) is 23.4 Å². The molecule has 0 saturated heterocycles. The Morgan fingerprint density at radius 1 is 1.25 bits per heavy atom. The van der Waals surface area contributed by atoms with E-state index in [-0.39, 0.29) is 24.3 Å². The molecule has 152 valence electrons. The number of methoxy groups -OCH3 is 1. The number of hydrogen-bond acceptors (Lipinski definition) is 6. The van der Waals surface area contributed by atoms with Gasteiger partial charge in [0.1, 0.15) is 11.6 Å². The highest BCUT2D eigenvalue weighted by Crippen LogP contribution is 2.31. The number of carboxylic acid groups (broad SMARTS) is 1. The average Bonchev–Trinajstić information content (AvgIpc) is 2.66. The number of hydrogen-bond donors (Lipinski definition) is 3. The molecule has 2 rings (SSSR count). The molecule has 2 aromatic carbocycles. The van der Waals surface area contributed by atoms with Gasteiger partial charge in [0.15, 0.2) is 0 Å². The van der Waals surface area contributed by atoms with Gasteiger partial charge in [-0.2, -0.15) is 0 Å². The van der Waals surface area contributed by atoms with Gasteiger partial charge >= 0.3 is 0 Å². The third-order valence-electron chi connectivity index (χ3n) is 4.18. The van der Waals surface area contributed by atoms with E-state index in [0.29, 0.717) is 29.2 Å². The maximum Gasteiger partial charge on any atom is 0.124 e. The lowest BCUT2D eigenvalue weighted by Crippen LogP contribution is -2.34. The van der Waals surface area contributed by atoms with Gasteiger partial charge in [0.2, 0.25) is 0 Å². The number of ether oxygens (including phenoxy) is 2. The van der Waals surface area contributed by atoms with Crippen LogP contribution in [0.2, 0.25) is 0 Å². The molecule has 0 heterocycles. The van der Waals surface area contributed by atoms with Crippen LogP contribution in [0.3, 0.4) is 0 Å². The molecule has 28 heavy (non-hydrogen) atoms. The number of anilines is 1. The van der Waals surface area contributed by atoms with Gasteiger partial charge in [-0.25, -0.2) is 0 Å². The third kappa shape index (κ3) is 5.61. The molecule has 0 amide bonds. The van der Waals surface area contributed by atoms with Gasteiger partial charge in [-0.05, 0) is 55.8 Å². The van der Waals surface area contributed by atoms with Gasteiger partial charge in [0.25, 0.3) is 0 Å². The Hall–Kier alpha value is -2.77. The van der Waals surface area contributed by atoms with Crippen molar-refractivity contribution >= 4 is 29.9 Å². The summed E-state index contributed by atoms with van der Waals surface area (Å²) in [6.45, 7) is 4.30. The Kier molecular flexibility index (Phi) is 8.76. The van der Waals surface area contributed by atoms with Gasteiger partial charge < -0.3 is 30.4 Å². The number of amidine groups is 1. The second kappa shape index (κ2) is 10.5. The minimum absolute atomic E-state index is 0. The smallest absolute Gasteiger partial charge is 0.124 e. The highest BCUT2D eigenvalue weighted by Gasteiger charge is 2.18. The Balaban J connectivity index is 0.00000392. The average molecular weight is 407 g/mol. The first-order valence-corrected chi connectivity index (χ1v) is 8.58. The number of benzene rings is 2. The van der Waals surface area contributed by atoms with Crippen LogP contribution in [0, 0.1) is 5.41 Å². The first-order valence-electron chi connectivity index (χ1n) is 8.58. The van der Waals surface area contributed by atoms with Crippen LogP contribution < -0.4 is 20.9 Å². The number of carbonyl (C=O) groups is 1. The summed E-state index contributed by atoms with van der Waals surface area (Å²) in [4.78, 5) is 11.8. The first kappa shape index (κ1) is 23.3. The van der Waals surface area contributed by atoms with Crippen molar-refractivity contribution in [3.05, 3.63) is 59.2 Å². The summed E-state index contributed by atoms with van der Waals surface area (Å²) in [6, 6.07) is 10.7. The minimum Gasteiger partial charge on any atom is -0.548 e. The molecule has 8 heteroatoms. The maximum absolute atomic E-state index is 11.8. The van der Waals surface area contributed by atoms with Crippen molar-refractivity contribution < 1.29 is 19.4 Å². The summed E-state index contributed by atoms with van der Waals surface area (Å²) < 4.78 is 11.0. The molecule has 0 radical (unpaired) electrons. The zero-order valence-corrected chi connectivity index (χ0v) is 16.8. The Bertz CT molecular complexity index is 812. The summed E-state index contributed by atoms with van der Waals surface area (Å²) in [7, 11) is 1.56. The Labute approximate surface area is 170 Å². The third-order valence-corrected chi connectivity index (χ3v) is 4.18. The number of nitrogens with one attached hydrogen (secondary N) is 2. The van der Waals surface area contributed by atoms with Crippen molar-refractivity contribution in [1.29, 1.82) is 5.41 Å². The summed E-state index contributed by atoms with van der Waals surface area (Å²) in [5.41, 5.74) is 7.85. The van der Waals surface area contributed by atoms with E-state index in [0.717, 1.165) is 5.56 Å². The van der Waals surface area contributed by atoms with E-state index in [2.05, 4.69) is 5.32 Å². The summed E-state index contributed by atoms with van der Waals surface area (Å²) >= 11 is 0. The number of nitrogen functional groups attached to an aromatic ring is 1. The zero-order chi connectivity index (χ0) is 20.0. The molecule has 0 bridgehead atoms. The predicted octanol–water partition coefficient (Wildman–Crippen LogP) is 2.40. The lowest BCUT2D eigenvalue weighted by atomic mass is 10.00. The van der Waals surface area contributed by atoms with Crippen LogP contribution in [0.5, 0.6) is 5.75 Å². The van der Waals surface area contributed by atoms with E-state index >= 15 is 0 Å². The van der Waals surface area contributed by atoms with Crippen molar-refractivity contribution in [1.82, 2.24) is 0 Å². The summed E-state index contributed by atoms with van der Waals surface area (Å²) in [5.74, 6) is -0.684. The number of aliphatic carboxylic acids is 1. The molecule has 0 aliphatic heterocycles. The normalized spacial score (nSPS) is 12.4. The highest BCUT2D eigenvalue weighted by molar-refractivity contribution is 5.95. The van der Waals surface area contributed by atoms with Gasteiger partial charge in [-0.3, -0.25) is 5.41 Å². The van der Waals surface area contributed by atoms with Crippen LogP contribution in [-0.2, 0) is 9.53 Å². The largest absolute Gasteiger partial charge is 0.548 e. The molecule has 2 atom stereocenters. The van der Waals surface area contributed by atoms with Crippen LogP contribution in [0.25, 0.3) is 0 Å². The van der Waals surface area contributed by atoms with E-state index in [1.165, 1.54) is 0 Å². The van der Waals surface area contributed by atoms with Crippen molar-refractivity contribution in [3.63, 3.8) is 0 Å². The molecule has 4 N–H and O–H groups in total. The van der Waals surface area contributed by atoms with E-state index in [1.807, 2.05) is 13.8 Å². The lowest BCUT2D eigenvalue weighted by molar-refractivity contribution is -0.307. The van der Waals surface area contributed by atoms with Crippen molar-refractivity contribution in [2.24, 2.45) is 5.73 Å². The fraction of sp³-hybridized carbons (Fsp3) is 0.300. The van der Waals surface area contributed by atoms with Gasteiger partial charge in [-0.15, -0.1) is 12.4 Å². The van der Waals surface area contributed by atoms with Crippen molar-refractivity contribution in [3.8, 4) is 5.75 Å². The zero-order valence-electron chi connectivity index (χ0n) is 16.0. The van der Waals surface area contributed by atoms with Crippen LogP contribution in [0.15, 0.2) is 42.5 Å². The second-order valence-corrected chi connectivity index (χ2v) is 5.99. The first-order chi connectivity index (χ1) is 12.9. The van der Waals surface area contributed by atoms with E-state index in [1.54, 1.807) is 49.6 Å². The Morgan fingerprint density at radius 2 is 1.89 bits per heavy atom. The maximum atomic E-state index is 11.8. The molecular formula is C20H25ClN3O4-.